The van der Waals surface area contributed by atoms with Crippen LogP contribution >= 0.6 is 0 Å². The molecule has 0 aliphatic carbocycles. The van der Waals surface area contributed by atoms with Gasteiger partial charge in [0.15, 0.2) is 11.5 Å². The van der Waals surface area contributed by atoms with Crippen molar-refractivity contribution in [3.8, 4) is 6.07 Å². The SMILES string of the molecule is Cc1cc(C(C)N)c2nc(N3Cc4ccccc4C3)c(C#N)nc2c1. The topological polar surface area (TPSA) is 78.8 Å². The van der Waals surface area contributed by atoms with Gasteiger partial charge in [0.25, 0.3) is 0 Å². The molecule has 0 bridgehead atoms. The molecule has 124 valence electrons. The van der Waals surface area contributed by atoms with Crippen LogP contribution in [-0.4, -0.2) is 9.97 Å². The van der Waals surface area contributed by atoms with Gasteiger partial charge in [-0.2, -0.15) is 5.26 Å². The second-order valence-electron chi connectivity index (χ2n) is 6.64. The van der Waals surface area contributed by atoms with Gasteiger partial charge in [0, 0.05) is 19.1 Å². The number of rotatable bonds is 2. The molecule has 2 heterocycles. The fourth-order valence-electron chi connectivity index (χ4n) is 3.45. The first-order valence-corrected chi connectivity index (χ1v) is 8.36. The zero-order valence-electron chi connectivity index (χ0n) is 14.3. The quantitative estimate of drug-likeness (QED) is 0.780. The van der Waals surface area contributed by atoms with Crippen molar-refractivity contribution >= 4 is 16.9 Å². The van der Waals surface area contributed by atoms with E-state index in [0.717, 1.165) is 35.2 Å². The monoisotopic (exact) mass is 329 g/mol. The molecule has 1 unspecified atom stereocenters. The van der Waals surface area contributed by atoms with E-state index in [0.29, 0.717) is 11.5 Å². The first-order valence-electron chi connectivity index (χ1n) is 8.36. The molecule has 0 amide bonds. The molecule has 0 radical (unpaired) electrons. The average Bonchev–Trinajstić information content (AvgIpc) is 3.03. The summed E-state index contributed by atoms with van der Waals surface area (Å²) in [5, 5.41) is 9.60. The fourth-order valence-corrected chi connectivity index (χ4v) is 3.45. The summed E-state index contributed by atoms with van der Waals surface area (Å²) < 4.78 is 0. The minimum absolute atomic E-state index is 0.145. The Labute approximate surface area is 146 Å². The molecule has 1 aliphatic heterocycles. The van der Waals surface area contributed by atoms with Crippen LogP contribution in [0.3, 0.4) is 0 Å². The van der Waals surface area contributed by atoms with Gasteiger partial charge < -0.3 is 10.6 Å². The van der Waals surface area contributed by atoms with Crippen molar-refractivity contribution in [2.45, 2.75) is 33.0 Å². The van der Waals surface area contributed by atoms with Crippen LogP contribution in [0, 0.1) is 18.3 Å². The van der Waals surface area contributed by atoms with Crippen molar-refractivity contribution in [3.63, 3.8) is 0 Å². The maximum Gasteiger partial charge on any atom is 0.183 e. The van der Waals surface area contributed by atoms with Crippen molar-refractivity contribution < 1.29 is 0 Å². The molecule has 0 saturated carbocycles. The standard InChI is InChI=1S/C20H19N5/c1-12-7-16(13(2)22)19-17(8-12)23-18(9-21)20(24-19)25-10-14-5-3-4-6-15(14)11-25/h3-8,13H,10-11,22H2,1-2H3. The number of aromatic nitrogens is 2. The highest BCUT2D eigenvalue weighted by Gasteiger charge is 2.24. The van der Waals surface area contributed by atoms with Gasteiger partial charge >= 0.3 is 0 Å². The van der Waals surface area contributed by atoms with Crippen LogP contribution in [0.15, 0.2) is 36.4 Å². The summed E-state index contributed by atoms with van der Waals surface area (Å²) >= 11 is 0. The number of fused-ring (bicyclic) bond motifs is 2. The molecule has 0 fully saturated rings. The van der Waals surface area contributed by atoms with Gasteiger partial charge in [-0.15, -0.1) is 0 Å². The summed E-state index contributed by atoms with van der Waals surface area (Å²) in [7, 11) is 0. The number of benzene rings is 2. The number of aryl methyl sites for hydroxylation is 1. The van der Waals surface area contributed by atoms with Gasteiger partial charge in [-0.25, -0.2) is 9.97 Å². The van der Waals surface area contributed by atoms with Gasteiger partial charge in [0.05, 0.1) is 11.0 Å². The minimum atomic E-state index is -0.145. The van der Waals surface area contributed by atoms with Crippen LogP contribution in [0.5, 0.6) is 0 Å². The van der Waals surface area contributed by atoms with Crippen molar-refractivity contribution in [1.29, 1.82) is 5.26 Å². The van der Waals surface area contributed by atoms with Crippen molar-refractivity contribution in [2.24, 2.45) is 5.73 Å². The second kappa shape index (κ2) is 5.83. The van der Waals surface area contributed by atoms with E-state index in [-0.39, 0.29) is 6.04 Å². The highest BCUT2D eigenvalue weighted by Crippen LogP contribution is 2.31. The summed E-state index contributed by atoms with van der Waals surface area (Å²) in [5.74, 6) is 0.636. The molecule has 1 atom stereocenters. The zero-order valence-corrected chi connectivity index (χ0v) is 14.3. The van der Waals surface area contributed by atoms with Crippen LogP contribution in [0.1, 0.15) is 40.9 Å². The van der Waals surface area contributed by atoms with E-state index in [1.807, 2.05) is 32.0 Å². The Balaban J connectivity index is 1.88. The normalized spacial score (nSPS) is 14.4. The first-order chi connectivity index (χ1) is 12.1. The van der Waals surface area contributed by atoms with Crippen LogP contribution in [-0.2, 0) is 13.1 Å². The van der Waals surface area contributed by atoms with E-state index in [4.69, 9.17) is 10.7 Å². The van der Waals surface area contributed by atoms with Crippen LogP contribution in [0.4, 0.5) is 5.82 Å². The lowest BCUT2D eigenvalue weighted by Gasteiger charge is -2.19. The molecule has 4 rings (SSSR count). The molecule has 2 aromatic carbocycles. The third-order valence-electron chi connectivity index (χ3n) is 4.66. The molecule has 2 N–H and O–H groups in total. The lowest BCUT2D eigenvalue weighted by molar-refractivity contribution is 0.816. The average molecular weight is 329 g/mol. The van der Waals surface area contributed by atoms with Gasteiger partial charge in [-0.05, 0) is 42.2 Å². The van der Waals surface area contributed by atoms with Gasteiger partial charge in [0.2, 0.25) is 0 Å². The third-order valence-corrected chi connectivity index (χ3v) is 4.66. The maximum atomic E-state index is 9.60. The minimum Gasteiger partial charge on any atom is -0.346 e. The number of nitrogens with zero attached hydrogens (tertiary/aromatic N) is 4. The molecular formula is C20H19N5. The van der Waals surface area contributed by atoms with Gasteiger partial charge in [-0.1, -0.05) is 30.3 Å². The molecule has 0 spiro atoms. The van der Waals surface area contributed by atoms with E-state index < -0.39 is 0 Å². The van der Waals surface area contributed by atoms with Crippen molar-refractivity contribution in [1.82, 2.24) is 9.97 Å². The molecule has 5 nitrogen and oxygen atoms in total. The van der Waals surface area contributed by atoms with E-state index in [1.165, 1.54) is 11.1 Å². The lowest BCUT2D eigenvalue weighted by atomic mass is 10.0. The maximum absolute atomic E-state index is 9.60. The highest BCUT2D eigenvalue weighted by atomic mass is 15.2. The lowest BCUT2D eigenvalue weighted by Crippen LogP contribution is -2.19. The Morgan fingerprint density at radius 2 is 1.84 bits per heavy atom. The summed E-state index contributed by atoms with van der Waals surface area (Å²) in [5.41, 5.74) is 12.6. The van der Waals surface area contributed by atoms with Crippen LogP contribution in [0.25, 0.3) is 11.0 Å². The summed E-state index contributed by atoms with van der Waals surface area (Å²) in [6.07, 6.45) is 0. The Kier molecular flexibility index (Phi) is 3.63. The summed E-state index contributed by atoms with van der Waals surface area (Å²) in [6.45, 7) is 5.43. The Morgan fingerprint density at radius 3 is 2.44 bits per heavy atom. The van der Waals surface area contributed by atoms with Crippen LogP contribution in [0.2, 0.25) is 0 Å². The molecule has 25 heavy (non-hydrogen) atoms. The summed E-state index contributed by atoms with van der Waals surface area (Å²) in [4.78, 5) is 11.5. The van der Waals surface area contributed by atoms with E-state index in [1.54, 1.807) is 0 Å². The van der Waals surface area contributed by atoms with Crippen molar-refractivity contribution in [2.75, 3.05) is 4.90 Å². The van der Waals surface area contributed by atoms with E-state index in [2.05, 4.69) is 34.2 Å². The molecular weight excluding hydrogens is 310 g/mol. The molecule has 0 saturated heterocycles. The molecule has 1 aromatic heterocycles. The Bertz CT molecular complexity index is 992. The number of hydrogen-bond donors (Lipinski definition) is 1. The highest BCUT2D eigenvalue weighted by molar-refractivity contribution is 5.82. The number of hydrogen-bond acceptors (Lipinski definition) is 5. The van der Waals surface area contributed by atoms with E-state index in [9.17, 15) is 5.26 Å². The second-order valence-corrected chi connectivity index (χ2v) is 6.64. The van der Waals surface area contributed by atoms with Gasteiger partial charge in [-0.3, -0.25) is 0 Å². The van der Waals surface area contributed by atoms with E-state index >= 15 is 0 Å². The molecule has 1 aliphatic rings. The fraction of sp³-hybridized carbons (Fsp3) is 0.250. The predicted octanol–water partition coefficient (Wildman–Crippen LogP) is 3.35. The van der Waals surface area contributed by atoms with Gasteiger partial charge in [0.1, 0.15) is 6.07 Å². The summed E-state index contributed by atoms with van der Waals surface area (Å²) in [6, 6.07) is 14.4. The number of nitrogens with two attached hydrogens (primary N) is 1. The largest absolute Gasteiger partial charge is 0.346 e. The smallest absolute Gasteiger partial charge is 0.183 e. The number of anilines is 1. The molecule has 5 heteroatoms. The predicted molar refractivity (Wildman–Crippen MR) is 97.9 cm³/mol. The number of nitriles is 1. The first kappa shape index (κ1) is 15.6. The molecule has 3 aromatic rings. The van der Waals surface area contributed by atoms with Crippen LogP contribution < -0.4 is 10.6 Å². The Hall–Kier alpha value is -2.97. The Morgan fingerprint density at radius 1 is 1.16 bits per heavy atom. The zero-order chi connectivity index (χ0) is 17.6. The third kappa shape index (κ3) is 2.61. The van der Waals surface area contributed by atoms with Crippen molar-refractivity contribution in [3.05, 3.63) is 64.3 Å².